The third kappa shape index (κ3) is 2.29. The number of hydrogen-bond donors (Lipinski definition) is 0. The summed E-state index contributed by atoms with van der Waals surface area (Å²) in [4.78, 5) is 17.0. The number of para-hydroxylation sites is 1. The molecule has 1 atom stereocenters. The third-order valence-corrected chi connectivity index (χ3v) is 4.65. The predicted octanol–water partition coefficient (Wildman–Crippen LogP) is 0.738. The molecule has 2 fully saturated rings. The van der Waals surface area contributed by atoms with Crippen molar-refractivity contribution >= 4 is 16.9 Å². The molecular formula is C15H19N5O. The smallest absolute Gasteiger partial charge is 0.244 e. The fourth-order valence-electron chi connectivity index (χ4n) is 3.48. The van der Waals surface area contributed by atoms with Gasteiger partial charge in [-0.15, -0.1) is 5.10 Å². The molecule has 0 spiro atoms. The van der Waals surface area contributed by atoms with Gasteiger partial charge in [0.1, 0.15) is 12.1 Å². The second kappa shape index (κ2) is 5.11. The average molecular weight is 285 g/mol. The van der Waals surface area contributed by atoms with Gasteiger partial charge >= 0.3 is 0 Å². The molecule has 4 rings (SSSR count). The Morgan fingerprint density at radius 3 is 3.10 bits per heavy atom. The van der Waals surface area contributed by atoms with E-state index in [1.807, 2.05) is 29.2 Å². The highest BCUT2D eigenvalue weighted by atomic mass is 16.2. The Balaban J connectivity index is 1.48. The van der Waals surface area contributed by atoms with Crippen LogP contribution >= 0.6 is 0 Å². The molecule has 0 radical (unpaired) electrons. The minimum atomic E-state index is 0.150. The highest BCUT2D eigenvalue weighted by molar-refractivity contribution is 5.80. The zero-order valence-electron chi connectivity index (χ0n) is 12.0. The zero-order chi connectivity index (χ0) is 14.2. The van der Waals surface area contributed by atoms with Crippen LogP contribution in [0.3, 0.4) is 0 Å². The number of aromatic nitrogens is 3. The molecule has 21 heavy (non-hydrogen) atoms. The summed E-state index contributed by atoms with van der Waals surface area (Å²) in [6.45, 7) is 4.19. The van der Waals surface area contributed by atoms with Gasteiger partial charge in [0, 0.05) is 25.7 Å². The van der Waals surface area contributed by atoms with Crippen molar-refractivity contribution < 1.29 is 4.79 Å². The number of rotatable bonds is 2. The van der Waals surface area contributed by atoms with Crippen LogP contribution in [0, 0.1) is 0 Å². The van der Waals surface area contributed by atoms with E-state index < -0.39 is 0 Å². The van der Waals surface area contributed by atoms with E-state index in [-0.39, 0.29) is 12.5 Å². The summed E-state index contributed by atoms with van der Waals surface area (Å²) in [6.07, 6.45) is 2.48. The van der Waals surface area contributed by atoms with E-state index in [0.717, 1.165) is 30.7 Å². The second-order valence-corrected chi connectivity index (χ2v) is 5.91. The molecule has 0 bridgehead atoms. The molecule has 1 aromatic heterocycles. The molecule has 2 saturated heterocycles. The van der Waals surface area contributed by atoms with Gasteiger partial charge in [0.2, 0.25) is 5.91 Å². The van der Waals surface area contributed by atoms with Gasteiger partial charge in [0.15, 0.2) is 0 Å². The minimum Gasteiger partial charge on any atom is -0.338 e. The van der Waals surface area contributed by atoms with Gasteiger partial charge in [-0.2, -0.15) is 0 Å². The van der Waals surface area contributed by atoms with Crippen molar-refractivity contribution in [2.75, 3.05) is 26.2 Å². The molecule has 0 saturated carbocycles. The van der Waals surface area contributed by atoms with Crippen LogP contribution in [0.25, 0.3) is 11.0 Å². The zero-order valence-corrected chi connectivity index (χ0v) is 12.0. The predicted molar refractivity (Wildman–Crippen MR) is 78.7 cm³/mol. The van der Waals surface area contributed by atoms with E-state index in [1.54, 1.807) is 4.68 Å². The van der Waals surface area contributed by atoms with E-state index in [0.29, 0.717) is 6.04 Å². The maximum atomic E-state index is 12.5. The molecule has 1 amide bonds. The highest BCUT2D eigenvalue weighted by Crippen LogP contribution is 2.21. The van der Waals surface area contributed by atoms with Crippen molar-refractivity contribution in [1.82, 2.24) is 24.8 Å². The lowest BCUT2D eigenvalue weighted by molar-refractivity contribution is -0.134. The molecule has 6 heteroatoms. The summed E-state index contributed by atoms with van der Waals surface area (Å²) in [5, 5.41) is 8.21. The first kappa shape index (κ1) is 12.8. The lowest BCUT2D eigenvalue weighted by Gasteiger charge is -2.37. The van der Waals surface area contributed by atoms with E-state index in [1.165, 1.54) is 19.4 Å². The van der Waals surface area contributed by atoms with Crippen LogP contribution in [-0.4, -0.2) is 62.9 Å². The first-order valence-corrected chi connectivity index (χ1v) is 7.61. The summed E-state index contributed by atoms with van der Waals surface area (Å²) in [6, 6.07) is 8.32. The third-order valence-electron chi connectivity index (χ3n) is 4.65. The maximum absolute atomic E-state index is 12.5. The number of fused-ring (bicyclic) bond motifs is 2. The molecule has 2 aromatic rings. The SMILES string of the molecule is O=C(Cn1nnc2ccccc21)N1CCN2CCC[C@H]2C1. The van der Waals surface area contributed by atoms with E-state index in [2.05, 4.69) is 15.2 Å². The van der Waals surface area contributed by atoms with Gasteiger partial charge in [0.05, 0.1) is 5.52 Å². The number of carbonyl (C=O) groups excluding carboxylic acids is 1. The van der Waals surface area contributed by atoms with Crippen LogP contribution < -0.4 is 0 Å². The Morgan fingerprint density at radius 2 is 2.14 bits per heavy atom. The van der Waals surface area contributed by atoms with Gasteiger partial charge in [-0.1, -0.05) is 17.3 Å². The average Bonchev–Trinajstić information content (AvgIpc) is 3.13. The second-order valence-electron chi connectivity index (χ2n) is 5.91. The molecular weight excluding hydrogens is 266 g/mol. The lowest BCUT2D eigenvalue weighted by atomic mass is 10.1. The van der Waals surface area contributed by atoms with Crippen LogP contribution in [0.5, 0.6) is 0 Å². The van der Waals surface area contributed by atoms with Gasteiger partial charge in [0.25, 0.3) is 0 Å². The quantitative estimate of drug-likeness (QED) is 0.816. The topological polar surface area (TPSA) is 54.3 Å². The van der Waals surface area contributed by atoms with Crippen molar-refractivity contribution in [3.63, 3.8) is 0 Å². The van der Waals surface area contributed by atoms with Crippen LogP contribution in [0.4, 0.5) is 0 Å². The normalized spacial score (nSPS) is 22.7. The molecule has 2 aliphatic rings. The number of piperazine rings is 1. The van der Waals surface area contributed by atoms with E-state index in [9.17, 15) is 4.79 Å². The van der Waals surface area contributed by atoms with Crippen molar-refractivity contribution in [2.45, 2.75) is 25.4 Å². The number of carbonyl (C=O) groups is 1. The number of nitrogens with zero attached hydrogens (tertiary/aromatic N) is 5. The summed E-state index contributed by atoms with van der Waals surface area (Å²) in [5.74, 6) is 0.150. The molecule has 110 valence electrons. The molecule has 6 nitrogen and oxygen atoms in total. The summed E-state index contributed by atoms with van der Waals surface area (Å²) in [7, 11) is 0. The lowest BCUT2D eigenvalue weighted by Crippen LogP contribution is -2.52. The van der Waals surface area contributed by atoms with Gasteiger partial charge < -0.3 is 4.90 Å². The van der Waals surface area contributed by atoms with Crippen molar-refractivity contribution in [3.8, 4) is 0 Å². The fraction of sp³-hybridized carbons (Fsp3) is 0.533. The van der Waals surface area contributed by atoms with Crippen LogP contribution in [0.15, 0.2) is 24.3 Å². The van der Waals surface area contributed by atoms with E-state index >= 15 is 0 Å². The number of amides is 1. The Labute approximate surface area is 123 Å². The number of hydrogen-bond acceptors (Lipinski definition) is 4. The summed E-state index contributed by atoms with van der Waals surface area (Å²) >= 11 is 0. The first-order chi connectivity index (χ1) is 10.3. The van der Waals surface area contributed by atoms with Crippen LogP contribution in [-0.2, 0) is 11.3 Å². The Morgan fingerprint density at radius 1 is 1.24 bits per heavy atom. The maximum Gasteiger partial charge on any atom is 0.244 e. The van der Waals surface area contributed by atoms with Crippen molar-refractivity contribution in [1.29, 1.82) is 0 Å². The largest absolute Gasteiger partial charge is 0.338 e. The standard InChI is InChI=1S/C15H19N5O/c21-15(19-9-8-18-7-3-4-12(18)10-19)11-20-14-6-2-1-5-13(14)16-17-20/h1-2,5-6,12H,3-4,7-11H2/t12-/m0/s1. The van der Waals surface area contributed by atoms with Crippen LogP contribution in [0.2, 0.25) is 0 Å². The van der Waals surface area contributed by atoms with Gasteiger partial charge in [-0.3, -0.25) is 9.69 Å². The van der Waals surface area contributed by atoms with Gasteiger partial charge in [-0.25, -0.2) is 4.68 Å². The van der Waals surface area contributed by atoms with Crippen molar-refractivity contribution in [3.05, 3.63) is 24.3 Å². The molecule has 1 aromatic carbocycles. The Bertz CT molecular complexity index is 667. The molecule has 0 unspecified atom stereocenters. The summed E-state index contributed by atoms with van der Waals surface area (Å²) in [5.41, 5.74) is 1.76. The minimum absolute atomic E-state index is 0.150. The van der Waals surface area contributed by atoms with Gasteiger partial charge in [-0.05, 0) is 31.5 Å². The Kier molecular flexibility index (Phi) is 3.11. The Hall–Kier alpha value is -1.95. The molecule has 3 heterocycles. The molecule has 2 aliphatic heterocycles. The molecule has 0 aliphatic carbocycles. The summed E-state index contributed by atoms with van der Waals surface area (Å²) < 4.78 is 1.71. The van der Waals surface area contributed by atoms with Crippen LogP contribution in [0.1, 0.15) is 12.8 Å². The first-order valence-electron chi connectivity index (χ1n) is 7.61. The monoisotopic (exact) mass is 285 g/mol. The highest BCUT2D eigenvalue weighted by Gasteiger charge is 2.32. The molecule has 0 N–H and O–H groups in total. The van der Waals surface area contributed by atoms with E-state index in [4.69, 9.17) is 0 Å². The van der Waals surface area contributed by atoms with Crippen molar-refractivity contribution in [2.24, 2.45) is 0 Å². The fourth-order valence-corrected chi connectivity index (χ4v) is 3.48. The number of benzene rings is 1.